The fraction of sp³-hybridized carbons (Fsp3) is 0.136. The van der Waals surface area contributed by atoms with Crippen molar-refractivity contribution >= 4 is 46.7 Å². The molecule has 0 fully saturated rings. The number of furan rings is 1. The van der Waals surface area contributed by atoms with E-state index in [4.69, 9.17) is 44.0 Å². The highest BCUT2D eigenvalue weighted by atomic mass is 35.5. The van der Waals surface area contributed by atoms with Gasteiger partial charge in [-0.2, -0.15) is 0 Å². The van der Waals surface area contributed by atoms with E-state index < -0.39 is 0 Å². The Hall–Kier alpha value is -2.20. The van der Waals surface area contributed by atoms with Crippen molar-refractivity contribution in [3.63, 3.8) is 0 Å². The molecule has 0 unspecified atom stereocenters. The number of benzene rings is 2. The van der Waals surface area contributed by atoms with Gasteiger partial charge in [0.15, 0.2) is 5.78 Å². The van der Waals surface area contributed by atoms with E-state index in [2.05, 4.69) is 0 Å². The summed E-state index contributed by atoms with van der Waals surface area (Å²) in [6.45, 7) is 4.14. The predicted octanol–water partition coefficient (Wildman–Crippen LogP) is 7.33. The molecule has 144 valence electrons. The van der Waals surface area contributed by atoms with E-state index in [-0.39, 0.29) is 12.4 Å². The lowest BCUT2D eigenvalue weighted by Crippen LogP contribution is -1.95. The molecule has 1 heterocycles. The van der Waals surface area contributed by atoms with E-state index in [0.29, 0.717) is 27.1 Å². The maximum atomic E-state index is 12.2. The molecule has 0 N–H and O–H groups in total. The van der Waals surface area contributed by atoms with Gasteiger partial charge in [-0.15, -0.1) is 0 Å². The van der Waals surface area contributed by atoms with Crippen molar-refractivity contribution in [2.45, 2.75) is 20.5 Å². The molecular weight excluding hydrogens is 419 g/mol. The molecule has 0 atom stereocenters. The first-order valence-corrected chi connectivity index (χ1v) is 9.62. The Morgan fingerprint density at radius 3 is 2.39 bits per heavy atom. The van der Waals surface area contributed by atoms with Crippen LogP contribution in [0.15, 0.2) is 53.0 Å². The minimum absolute atomic E-state index is 0.195. The van der Waals surface area contributed by atoms with Crippen LogP contribution in [0.1, 0.15) is 33.0 Å². The molecule has 3 aromatic rings. The Labute approximate surface area is 178 Å². The number of hydrogen-bond donors (Lipinski definition) is 0. The minimum Gasteiger partial charge on any atom is -0.486 e. The van der Waals surface area contributed by atoms with Gasteiger partial charge >= 0.3 is 0 Å². The summed E-state index contributed by atoms with van der Waals surface area (Å²) in [4.78, 5) is 12.2. The van der Waals surface area contributed by atoms with E-state index in [1.54, 1.807) is 30.3 Å². The summed E-state index contributed by atoms with van der Waals surface area (Å²) in [5, 5.41) is 1.49. The third kappa shape index (κ3) is 4.99. The number of carbonyl (C=O) groups excluding carboxylic acids is 1. The standard InChI is InChI=1S/C22H17Cl3O3/c1-13-9-18(10-14(2)22(13)25)27-12-17-5-4-16(28-17)6-8-21(26)15-3-7-19(23)20(24)11-15/h3-11H,12H2,1-2H3/b8-6+. The zero-order chi connectivity index (χ0) is 20.3. The fourth-order valence-electron chi connectivity index (χ4n) is 2.61. The summed E-state index contributed by atoms with van der Waals surface area (Å²) in [6, 6.07) is 12.1. The van der Waals surface area contributed by atoms with Gasteiger partial charge in [0, 0.05) is 10.6 Å². The molecule has 0 saturated heterocycles. The third-order valence-electron chi connectivity index (χ3n) is 4.08. The Bertz CT molecular complexity index is 1030. The van der Waals surface area contributed by atoms with Crippen molar-refractivity contribution in [3.8, 4) is 5.75 Å². The topological polar surface area (TPSA) is 39.4 Å². The molecule has 0 aliphatic rings. The molecule has 0 radical (unpaired) electrons. The summed E-state index contributed by atoms with van der Waals surface area (Å²) in [6.07, 6.45) is 3.03. The Balaban J connectivity index is 1.63. The second-order valence-corrected chi connectivity index (χ2v) is 7.48. The predicted molar refractivity (Wildman–Crippen MR) is 114 cm³/mol. The number of hydrogen-bond acceptors (Lipinski definition) is 3. The van der Waals surface area contributed by atoms with Gasteiger partial charge in [0.2, 0.25) is 0 Å². The summed E-state index contributed by atoms with van der Waals surface area (Å²) in [5.41, 5.74) is 2.37. The van der Waals surface area contributed by atoms with Crippen molar-refractivity contribution in [2.75, 3.05) is 0 Å². The number of carbonyl (C=O) groups is 1. The lowest BCUT2D eigenvalue weighted by molar-refractivity contribution is 0.104. The van der Waals surface area contributed by atoms with Crippen LogP contribution in [0.2, 0.25) is 15.1 Å². The molecule has 6 heteroatoms. The summed E-state index contributed by atoms with van der Waals surface area (Å²) < 4.78 is 11.5. The number of allylic oxidation sites excluding steroid dienone is 1. The second-order valence-electron chi connectivity index (χ2n) is 6.29. The van der Waals surface area contributed by atoms with Gasteiger partial charge in [-0.1, -0.05) is 34.8 Å². The monoisotopic (exact) mass is 434 g/mol. The number of ether oxygens (including phenoxy) is 1. The highest BCUT2D eigenvalue weighted by Crippen LogP contribution is 2.27. The first-order chi connectivity index (χ1) is 13.3. The van der Waals surface area contributed by atoms with Gasteiger partial charge in [0.1, 0.15) is 23.9 Å². The van der Waals surface area contributed by atoms with Gasteiger partial charge in [-0.3, -0.25) is 4.79 Å². The van der Waals surface area contributed by atoms with Crippen LogP contribution in [0.25, 0.3) is 6.08 Å². The maximum Gasteiger partial charge on any atom is 0.186 e. The van der Waals surface area contributed by atoms with Crippen LogP contribution in [0, 0.1) is 13.8 Å². The Morgan fingerprint density at radius 2 is 1.71 bits per heavy atom. The molecule has 3 rings (SSSR count). The molecule has 3 nitrogen and oxygen atoms in total. The summed E-state index contributed by atoms with van der Waals surface area (Å²) in [7, 11) is 0. The summed E-state index contributed by atoms with van der Waals surface area (Å²) >= 11 is 18.0. The van der Waals surface area contributed by atoms with Crippen molar-refractivity contribution in [2.24, 2.45) is 0 Å². The molecule has 28 heavy (non-hydrogen) atoms. The van der Waals surface area contributed by atoms with E-state index in [9.17, 15) is 4.79 Å². The first kappa shape index (κ1) is 20.5. The molecule has 0 spiro atoms. The molecule has 2 aromatic carbocycles. The number of ketones is 1. The second kappa shape index (κ2) is 8.87. The van der Waals surface area contributed by atoms with Crippen molar-refractivity contribution in [1.82, 2.24) is 0 Å². The summed E-state index contributed by atoms with van der Waals surface area (Å²) in [5.74, 6) is 1.73. The highest BCUT2D eigenvalue weighted by Gasteiger charge is 2.07. The van der Waals surface area contributed by atoms with E-state index in [1.807, 2.05) is 26.0 Å². The fourth-order valence-corrected chi connectivity index (χ4v) is 3.02. The van der Waals surface area contributed by atoms with Crippen molar-refractivity contribution in [1.29, 1.82) is 0 Å². The number of halogens is 3. The van der Waals surface area contributed by atoms with E-state index >= 15 is 0 Å². The van der Waals surface area contributed by atoms with Crippen LogP contribution < -0.4 is 4.74 Å². The molecule has 0 aliphatic carbocycles. The van der Waals surface area contributed by atoms with Gasteiger partial charge in [-0.05, 0) is 79.6 Å². The smallest absolute Gasteiger partial charge is 0.186 e. The number of rotatable bonds is 6. The van der Waals surface area contributed by atoms with Crippen molar-refractivity contribution < 1.29 is 13.9 Å². The van der Waals surface area contributed by atoms with Gasteiger partial charge in [0.05, 0.1) is 10.0 Å². The zero-order valence-electron chi connectivity index (χ0n) is 15.3. The lowest BCUT2D eigenvalue weighted by atomic mass is 10.1. The Morgan fingerprint density at radius 1 is 1.00 bits per heavy atom. The molecule has 0 amide bonds. The zero-order valence-corrected chi connectivity index (χ0v) is 17.5. The largest absolute Gasteiger partial charge is 0.486 e. The van der Waals surface area contributed by atoms with Crippen LogP contribution in [-0.2, 0) is 6.61 Å². The average molecular weight is 436 g/mol. The quantitative estimate of drug-likeness (QED) is 0.300. The number of aryl methyl sites for hydroxylation is 2. The van der Waals surface area contributed by atoms with Gasteiger partial charge in [0.25, 0.3) is 0 Å². The Kier molecular flexibility index (Phi) is 6.50. The SMILES string of the molecule is Cc1cc(OCc2ccc(/C=C/C(=O)c3ccc(Cl)c(Cl)c3)o2)cc(C)c1Cl. The van der Waals surface area contributed by atoms with Crippen LogP contribution in [-0.4, -0.2) is 5.78 Å². The molecule has 1 aromatic heterocycles. The van der Waals surface area contributed by atoms with Gasteiger partial charge in [-0.25, -0.2) is 0 Å². The first-order valence-electron chi connectivity index (χ1n) is 8.49. The molecule has 0 aliphatic heterocycles. The van der Waals surface area contributed by atoms with Gasteiger partial charge < -0.3 is 9.15 Å². The van der Waals surface area contributed by atoms with Crippen molar-refractivity contribution in [3.05, 3.63) is 91.8 Å². The molecule has 0 saturated carbocycles. The lowest BCUT2D eigenvalue weighted by Gasteiger charge is -2.08. The van der Waals surface area contributed by atoms with E-state index in [0.717, 1.165) is 21.9 Å². The highest BCUT2D eigenvalue weighted by molar-refractivity contribution is 6.42. The van der Waals surface area contributed by atoms with Crippen LogP contribution in [0.4, 0.5) is 0 Å². The van der Waals surface area contributed by atoms with Crippen LogP contribution in [0.5, 0.6) is 5.75 Å². The third-order valence-corrected chi connectivity index (χ3v) is 5.41. The molecular formula is C22H17Cl3O3. The van der Waals surface area contributed by atoms with E-state index in [1.165, 1.54) is 12.1 Å². The maximum absolute atomic E-state index is 12.2. The minimum atomic E-state index is -0.195. The van der Waals surface area contributed by atoms with Crippen LogP contribution >= 0.6 is 34.8 Å². The molecule has 0 bridgehead atoms. The average Bonchev–Trinajstić information content (AvgIpc) is 3.12. The van der Waals surface area contributed by atoms with Crippen LogP contribution in [0.3, 0.4) is 0 Å². The normalized spacial score (nSPS) is 11.2.